The van der Waals surface area contributed by atoms with Gasteiger partial charge < -0.3 is 4.74 Å². The Morgan fingerprint density at radius 3 is 2.83 bits per heavy atom. The number of nitrogens with zero attached hydrogens (tertiary/aromatic N) is 2. The number of aromatic nitrogens is 2. The zero-order valence-electron chi connectivity index (χ0n) is 6.22. The van der Waals surface area contributed by atoms with Gasteiger partial charge in [-0.3, -0.25) is 0 Å². The summed E-state index contributed by atoms with van der Waals surface area (Å²) in [5, 5.41) is 3.24. The minimum Gasteiger partial charge on any atom is -0.479 e. The van der Waals surface area contributed by atoms with E-state index in [0.717, 1.165) is 4.68 Å². The van der Waals surface area contributed by atoms with Gasteiger partial charge in [0.05, 0.1) is 7.11 Å². The number of hydrogen-bond acceptors (Lipinski definition) is 2. The molecule has 0 fully saturated rings. The first-order valence-electron chi connectivity index (χ1n) is 3.11. The summed E-state index contributed by atoms with van der Waals surface area (Å²) in [5.74, 6) is -1.19. The Bertz CT molecular complexity index is 261. The van der Waals surface area contributed by atoms with Crippen molar-refractivity contribution in [3.05, 3.63) is 12.0 Å². The maximum Gasteiger partial charge on any atom is 0.258 e. The zero-order chi connectivity index (χ0) is 9.14. The molecule has 0 aliphatic carbocycles. The van der Waals surface area contributed by atoms with Crippen LogP contribution in [0.15, 0.2) is 0 Å². The molecule has 1 radical (unpaired) electrons. The zero-order valence-corrected chi connectivity index (χ0v) is 6.22. The third-order valence-electron chi connectivity index (χ3n) is 1.20. The van der Waals surface area contributed by atoms with Crippen LogP contribution >= 0.6 is 0 Å². The van der Waals surface area contributed by atoms with E-state index in [9.17, 15) is 13.2 Å². The van der Waals surface area contributed by atoms with Crippen LogP contribution < -0.4 is 4.74 Å². The van der Waals surface area contributed by atoms with E-state index in [1.54, 1.807) is 0 Å². The maximum absolute atomic E-state index is 12.6. The molecule has 0 spiro atoms. The summed E-state index contributed by atoms with van der Waals surface area (Å²) < 4.78 is 41.3. The first kappa shape index (κ1) is 8.89. The number of halogens is 3. The number of alkyl halides is 2. The van der Waals surface area contributed by atoms with Crippen molar-refractivity contribution in [3.63, 3.8) is 0 Å². The lowest BCUT2D eigenvalue weighted by Crippen LogP contribution is -2.09. The fourth-order valence-corrected chi connectivity index (χ4v) is 0.760. The van der Waals surface area contributed by atoms with Crippen molar-refractivity contribution in [1.29, 1.82) is 0 Å². The Balaban J connectivity index is 2.84. The summed E-state index contributed by atoms with van der Waals surface area (Å²) in [5.41, 5.74) is 0. The lowest BCUT2D eigenvalue weighted by atomic mass is 10.6. The average molecular weight is 179 g/mol. The molecule has 0 aromatic carbocycles. The van der Waals surface area contributed by atoms with Gasteiger partial charge in [0.15, 0.2) is 6.20 Å². The van der Waals surface area contributed by atoms with E-state index >= 15 is 0 Å². The third-order valence-corrected chi connectivity index (χ3v) is 1.20. The van der Waals surface area contributed by atoms with Crippen molar-refractivity contribution in [2.45, 2.75) is 13.0 Å². The van der Waals surface area contributed by atoms with E-state index in [-0.39, 0.29) is 5.88 Å². The molecule has 1 aromatic rings. The van der Waals surface area contributed by atoms with E-state index in [1.165, 1.54) is 7.11 Å². The maximum atomic E-state index is 12.6. The SMILES string of the molecule is COc1c(F)[c]nn1CC(F)F. The van der Waals surface area contributed by atoms with E-state index in [4.69, 9.17) is 0 Å². The largest absolute Gasteiger partial charge is 0.479 e. The van der Waals surface area contributed by atoms with E-state index in [1.807, 2.05) is 6.20 Å². The van der Waals surface area contributed by atoms with E-state index in [0.29, 0.717) is 0 Å². The lowest BCUT2D eigenvalue weighted by Gasteiger charge is -2.03. The van der Waals surface area contributed by atoms with Crippen LogP contribution in [0.1, 0.15) is 0 Å². The third kappa shape index (κ3) is 1.69. The standard InChI is InChI=1S/C6H6F3N2O/c1-12-6-4(7)2-10-11(6)3-5(8)9/h5H,3H2,1H3. The van der Waals surface area contributed by atoms with Crippen LogP contribution in [0.4, 0.5) is 13.2 Å². The molecule has 0 aliphatic heterocycles. The molecule has 1 rings (SSSR count). The van der Waals surface area contributed by atoms with Crippen molar-refractivity contribution in [2.24, 2.45) is 0 Å². The van der Waals surface area contributed by atoms with Gasteiger partial charge in [-0.25, -0.2) is 13.5 Å². The molecule has 12 heavy (non-hydrogen) atoms. The van der Waals surface area contributed by atoms with Crippen LogP contribution in [-0.2, 0) is 6.54 Å². The van der Waals surface area contributed by atoms with Gasteiger partial charge in [-0.1, -0.05) is 0 Å². The molecular weight excluding hydrogens is 173 g/mol. The molecule has 0 atom stereocenters. The van der Waals surface area contributed by atoms with Crippen LogP contribution in [-0.4, -0.2) is 23.3 Å². The van der Waals surface area contributed by atoms with Crippen LogP contribution in [0.25, 0.3) is 0 Å². The van der Waals surface area contributed by atoms with Gasteiger partial charge in [0.2, 0.25) is 11.7 Å². The average Bonchev–Trinajstić information content (AvgIpc) is 2.30. The summed E-state index contributed by atoms with van der Waals surface area (Å²) in [4.78, 5) is 0. The van der Waals surface area contributed by atoms with E-state index in [2.05, 4.69) is 9.84 Å². The molecule has 1 heterocycles. The highest BCUT2D eigenvalue weighted by Gasteiger charge is 2.14. The summed E-state index contributed by atoms with van der Waals surface area (Å²) in [6.45, 7) is -0.691. The van der Waals surface area contributed by atoms with Gasteiger partial charge in [-0.2, -0.15) is 9.49 Å². The second-order valence-electron chi connectivity index (χ2n) is 2.01. The Labute approximate surface area is 66.7 Å². The highest BCUT2D eigenvalue weighted by molar-refractivity contribution is 5.09. The molecule has 0 N–H and O–H groups in total. The Hall–Kier alpha value is -1.20. The summed E-state index contributed by atoms with van der Waals surface area (Å²) >= 11 is 0. The first-order valence-corrected chi connectivity index (χ1v) is 3.11. The van der Waals surface area contributed by atoms with Gasteiger partial charge in [-0.05, 0) is 0 Å². The molecule has 1 aromatic heterocycles. The first-order chi connectivity index (χ1) is 5.65. The van der Waals surface area contributed by atoms with Crippen molar-refractivity contribution in [2.75, 3.05) is 7.11 Å². The summed E-state index contributed by atoms with van der Waals surface area (Å²) in [7, 11) is 1.18. The fourth-order valence-electron chi connectivity index (χ4n) is 0.760. The Morgan fingerprint density at radius 1 is 1.67 bits per heavy atom. The minimum absolute atomic E-state index is 0.324. The number of ether oxygens (including phenoxy) is 1. The predicted molar refractivity (Wildman–Crippen MR) is 33.6 cm³/mol. The second kappa shape index (κ2) is 3.46. The van der Waals surface area contributed by atoms with Crippen LogP contribution in [0, 0.1) is 12.0 Å². The Kier molecular flexibility index (Phi) is 2.57. The normalized spacial score (nSPS) is 10.8. The lowest BCUT2D eigenvalue weighted by molar-refractivity contribution is 0.117. The number of hydrogen-bond donors (Lipinski definition) is 0. The van der Waals surface area contributed by atoms with Crippen molar-refractivity contribution in [3.8, 4) is 5.88 Å². The fraction of sp³-hybridized carbons (Fsp3) is 0.500. The molecular formula is C6H6F3N2O. The predicted octanol–water partition coefficient (Wildman–Crippen LogP) is 1.10. The topological polar surface area (TPSA) is 27.1 Å². The molecule has 0 bridgehead atoms. The van der Waals surface area contributed by atoms with Crippen LogP contribution in [0.5, 0.6) is 5.88 Å². The minimum atomic E-state index is -2.59. The van der Waals surface area contributed by atoms with Crippen molar-refractivity contribution in [1.82, 2.24) is 9.78 Å². The molecule has 6 heteroatoms. The summed E-state index contributed by atoms with van der Waals surface area (Å²) in [6, 6.07) is 0. The molecule has 0 saturated heterocycles. The quantitative estimate of drug-likeness (QED) is 0.694. The van der Waals surface area contributed by atoms with Gasteiger partial charge in [0, 0.05) is 0 Å². The van der Waals surface area contributed by atoms with E-state index < -0.39 is 18.8 Å². The van der Waals surface area contributed by atoms with Gasteiger partial charge in [0.1, 0.15) is 6.54 Å². The second-order valence-corrected chi connectivity index (χ2v) is 2.01. The number of rotatable bonds is 3. The van der Waals surface area contributed by atoms with Crippen molar-refractivity contribution >= 4 is 0 Å². The van der Waals surface area contributed by atoms with Gasteiger partial charge in [0.25, 0.3) is 6.43 Å². The molecule has 0 amide bonds. The number of methoxy groups -OCH3 is 1. The van der Waals surface area contributed by atoms with Gasteiger partial charge >= 0.3 is 0 Å². The van der Waals surface area contributed by atoms with Crippen molar-refractivity contribution < 1.29 is 17.9 Å². The smallest absolute Gasteiger partial charge is 0.258 e. The van der Waals surface area contributed by atoms with Gasteiger partial charge in [-0.15, -0.1) is 0 Å². The molecule has 0 aliphatic rings. The Morgan fingerprint density at radius 2 is 2.33 bits per heavy atom. The molecule has 3 nitrogen and oxygen atoms in total. The summed E-state index contributed by atoms with van der Waals surface area (Å²) in [6.07, 6.45) is -0.710. The highest BCUT2D eigenvalue weighted by Crippen LogP contribution is 2.15. The van der Waals surface area contributed by atoms with Crippen LogP contribution in [0.2, 0.25) is 0 Å². The molecule has 67 valence electrons. The molecule has 0 saturated carbocycles. The monoisotopic (exact) mass is 179 g/mol. The molecule has 0 unspecified atom stereocenters. The highest BCUT2D eigenvalue weighted by atomic mass is 19.3. The van der Waals surface area contributed by atoms with Crippen LogP contribution in [0.3, 0.4) is 0 Å².